The van der Waals surface area contributed by atoms with Gasteiger partial charge in [0.05, 0.1) is 10.6 Å². The SMILES string of the molecule is Clc1c(C#CC2CCCC2)cnc2[nH]ccc12. The Hall–Kier alpha value is -1.46. The van der Waals surface area contributed by atoms with Gasteiger partial charge >= 0.3 is 0 Å². The first kappa shape index (κ1) is 10.7. The minimum Gasteiger partial charge on any atom is -0.346 e. The second-order valence-electron chi connectivity index (χ2n) is 4.48. The van der Waals surface area contributed by atoms with Crippen LogP contribution in [-0.4, -0.2) is 9.97 Å². The molecule has 1 aliphatic rings. The van der Waals surface area contributed by atoms with Gasteiger partial charge in [0.25, 0.3) is 0 Å². The van der Waals surface area contributed by atoms with E-state index >= 15 is 0 Å². The lowest BCUT2D eigenvalue weighted by Crippen LogP contribution is -1.88. The maximum Gasteiger partial charge on any atom is 0.138 e. The molecule has 0 atom stereocenters. The Bertz CT molecular complexity index is 597. The fourth-order valence-corrected chi connectivity index (χ4v) is 2.56. The van der Waals surface area contributed by atoms with Gasteiger partial charge in [0.1, 0.15) is 5.65 Å². The topological polar surface area (TPSA) is 28.7 Å². The summed E-state index contributed by atoms with van der Waals surface area (Å²) in [6.45, 7) is 0. The summed E-state index contributed by atoms with van der Waals surface area (Å²) in [5.74, 6) is 7.04. The molecule has 0 saturated heterocycles. The maximum atomic E-state index is 6.31. The molecule has 1 saturated carbocycles. The largest absolute Gasteiger partial charge is 0.346 e. The summed E-state index contributed by atoms with van der Waals surface area (Å²) in [5.41, 5.74) is 1.66. The number of nitrogens with one attached hydrogen (secondary N) is 1. The summed E-state index contributed by atoms with van der Waals surface area (Å²) < 4.78 is 0. The van der Waals surface area contributed by atoms with Crippen LogP contribution in [0.5, 0.6) is 0 Å². The van der Waals surface area contributed by atoms with Gasteiger partial charge in [-0.3, -0.25) is 0 Å². The second kappa shape index (κ2) is 4.43. The Labute approximate surface area is 105 Å². The Balaban J connectivity index is 1.96. The molecule has 0 aromatic carbocycles. The number of aromatic nitrogens is 2. The van der Waals surface area contributed by atoms with E-state index in [4.69, 9.17) is 11.6 Å². The van der Waals surface area contributed by atoms with Crippen LogP contribution in [0.3, 0.4) is 0 Å². The molecule has 0 unspecified atom stereocenters. The highest BCUT2D eigenvalue weighted by molar-refractivity contribution is 6.36. The number of halogens is 1. The Morgan fingerprint density at radius 1 is 1.35 bits per heavy atom. The van der Waals surface area contributed by atoms with Gasteiger partial charge < -0.3 is 4.98 Å². The van der Waals surface area contributed by atoms with Crippen LogP contribution >= 0.6 is 11.6 Å². The summed E-state index contributed by atoms with van der Waals surface area (Å²) in [6.07, 6.45) is 8.67. The molecule has 2 aromatic heterocycles. The van der Waals surface area contributed by atoms with E-state index in [9.17, 15) is 0 Å². The highest BCUT2D eigenvalue weighted by Gasteiger charge is 2.12. The molecular formula is C14H13ClN2. The predicted octanol–water partition coefficient (Wildman–Crippen LogP) is 3.76. The lowest BCUT2D eigenvalue weighted by Gasteiger charge is -1.98. The third-order valence-corrected chi connectivity index (χ3v) is 3.69. The van der Waals surface area contributed by atoms with E-state index in [1.54, 1.807) is 6.20 Å². The molecule has 0 spiro atoms. The van der Waals surface area contributed by atoms with E-state index in [0.29, 0.717) is 10.9 Å². The van der Waals surface area contributed by atoms with E-state index < -0.39 is 0 Å². The van der Waals surface area contributed by atoms with Crippen LogP contribution in [0.2, 0.25) is 5.02 Å². The average molecular weight is 245 g/mol. The van der Waals surface area contributed by atoms with Crippen LogP contribution in [-0.2, 0) is 0 Å². The molecule has 0 amide bonds. The summed E-state index contributed by atoms with van der Waals surface area (Å²) in [4.78, 5) is 7.35. The first-order valence-electron chi connectivity index (χ1n) is 5.98. The first-order chi connectivity index (χ1) is 8.34. The molecule has 2 nitrogen and oxygen atoms in total. The van der Waals surface area contributed by atoms with Crippen molar-refractivity contribution >= 4 is 22.6 Å². The molecule has 1 fully saturated rings. The highest BCUT2D eigenvalue weighted by atomic mass is 35.5. The molecule has 86 valence electrons. The summed E-state index contributed by atoms with van der Waals surface area (Å²) >= 11 is 6.31. The number of hydrogen-bond acceptors (Lipinski definition) is 1. The van der Waals surface area contributed by atoms with Crippen molar-refractivity contribution in [3.8, 4) is 11.8 Å². The standard InChI is InChI=1S/C14H13ClN2/c15-13-11(6-5-10-3-1-2-4-10)9-17-14-12(13)7-8-16-14/h7-10H,1-4H2,(H,16,17). The van der Waals surface area contributed by atoms with E-state index in [1.165, 1.54) is 25.7 Å². The van der Waals surface area contributed by atoms with Crippen molar-refractivity contribution in [2.45, 2.75) is 25.7 Å². The monoisotopic (exact) mass is 244 g/mol. The van der Waals surface area contributed by atoms with E-state index in [0.717, 1.165) is 16.6 Å². The van der Waals surface area contributed by atoms with Crippen LogP contribution in [0.4, 0.5) is 0 Å². The minimum absolute atomic E-state index is 0.549. The number of pyridine rings is 1. The van der Waals surface area contributed by atoms with Crippen molar-refractivity contribution in [3.63, 3.8) is 0 Å². The summed E-state index contributed by atoms with van der Waals surface area (Å²) in [7, 11) is 0. The smallest absolute Gasteiger partial charge is 0.138 e. The van der Waals surface area contributed by atoms with E-state index in [2.05, 4.69) is 21.8 Å². The molecule has 0 radical (unpaired) electrons. The van der Waals surface area contributed by atoms with Gasteiger partial charge in [-0.25, -0.2) is 4.98 Å². The first-order valence-corrected chi connectivity index (χ1v) is 6.35. The number of nitrogens with zero attached hydrogens (tertiary/aromatic N) is 1. The van der Waals surface area contributed by atoms with Crippen molar-refractivity contribution < 1.29 is 0 Å². The number of hydrogen-bond donors (Lipinski definition) is 1. The lowest BCUT2D eigenvalue weighted by molar-refractivity contribution is 0.712. The van der Waals surface area contributed by atoms with Gasteiger partial charge in [-0.1, -0.05) is 36.3 Å². The van der Waals surface area contributed by atoms with E-state index in [1.807, 2.05) is 12.3 Å². The zero-order valence-electron chi connectivity index (χ0n) is 9.46. The van der Waals surface area contributed by atoms with Crippen molar-refractivity contribution in [3.05, 3.63) is 29.0 Å². The highest BCUT2D eigenvalue weighted by Crippen LogP contribution is 2.26. The minimum atomic E-state index is 0.549. The zero-order chi connectivity index (χ0) is 11.7. The molecular weight excluding hydrogens is 232 g/mol. The Morgan fingerprint density at radius 2 is 2.18 bits per heavy atom. The summed E-state index contributed by atoms with van der Waals surface area (Å²) in [6, 6.07) is 1.94. The third kappa shape index (κ3) is 2.03. The van der Waals surface area contributed by atoms with Crippen LogP contribution in [0.1, 0.15) is 31.2 Å². The van der Waals surface area contributed by atoms with Crippen molar-refractivity contribution in [1.29, 1.82) is 0 Å². The number of fused-ring (bicyclic) bond motifs is 1. The van der Waals surface area contributed by atoms with Gasteiger partial charge in [-0.05, 0) is 18.9 Å². The predicted molar refractivity (Wildman–Crippen MR) is 69.9 cm³/mol. The quantitative estimate of drug-likeness (QED) is 0.703. The number of rotatable bonds is 0. The second-order valence-corrected chi connectivity index (χ2v) is 4.85. The Kier molecular flexibility index (Phi) is 2.78. The molecule has 1 aliphatic carbocycles. The van der Waals surface area contributed by atoms with Crippen molar-refractivity contribution in [1.82, 2.24) is 9.97 Å². The van der Waals surface area contributed by atoms with Crippen LogP contribution in [0.25, 0.3) is 11.0 Å². The van der Waals surface area contributed by atoms with Gasteiger partial charge in [-0.2, -0.15) is 0 Å². The number of H-pyrrole nitrogens is 1. The normalized spacial score (nSPS) is 16.1. The summed E-state index contributed by atoms with van der Waals surface area (Å²) in [5, 5.41) is 1.66. The molecule has 3 rings (SSSR count). The molecule has 2 heterocycles. The van der Waals surface area contributed by atoms with Gasteiger partial charge in [0.15, 0.2) is 0 Å². The molecule has 0 aliphatic heterocycles. The molecule has 1 N–H and O–H groups in total. The molecule has 2 aromatic rings. The molecule has 17 heavy (non-hydrogen) atoms. The molecule has 3 heteroatoms. The third-order valence-electron chi connectivity index (χ3n) is 3.29. The maximum absolute atomic E-state index is 6.31. The lowest BCUT2D eigenvalue weighted by atomic mass is 10.1. The van der Waals surface area contributed by atoms with Crippen LogP contribution in [0.15, 0.2) is 18.5 Å². The van der Waals surface area contributed by atoms with Crippen molar-refractivity contribution in [2.75, 3.05) is 0 Å². The molecule has 0 bridgehead atoms. The zero-order valence-corrected chi connectivity index (χ0v) is 10.2. The fraction of sp³-hybridized carbons (Fsp3) is 0.357. The van der Waals surface area contributed by atoms with Gasteiger partial charge in [0, 0.05) is 23.7 Å². The van der Waals surface area contributed by atoms with Crippen LogP contribution < -0.4 is 0 Å². The van der Waals surface area contributed by atoms with Crippen LogP contribution in [0, 0.1) is 17.8 Å². The average Bonchev–Trinajstić information content (AvgIpc) is 2.99. The van der Waals surface area contributed by atoms with Crippen molar-refractivity contribution in [2.24, 2.45) is 5.92 Å². The van der Waals surface area contributed by atoms with E-state index in [-0.39, 0.29) is 0 Å². The Morgan fingerprint density at radius 3 is 3.00 bits per heavy atom. The fourth-order valence-electron chi connectivity index (χ4n) is 2.31. The number of aromatic amines is 1. The van der Waals surface area contributed by atoms with Gasteiger partial charge in [0.2, 0.25) is 0 Å². The van der Waals surface area contributed by atoms with Gasteiger partial charge in [-0.15, -0.1) is 0 Å².